The van der Waals surface area contributed by atoms with E-state index in [0.717, 1.165) is 15.4 Å². The molecule has 2 aromatic carbocycles. The van der Waals surface area contributed by atoms with E-state index < -0.39 is 28.5 Å². The Morgan fingerprint density at radius 1 is 1.12 bits per heavy atom. The number of carbonyl (C=O) groups excluding carboxylic acids is 1. The van der Waals surface area contributed by atoms with Crippen molar-refractivity contribution in [2.75, 3.05) is 6.61 Å². The van der Waals surface area contributed by atoms with Crippen molar-refractivity contribution in [3.8, 4) is 0 Å². The largest absolute Gasteiger partial charge is 0.461 e. The molecular formula is C24H27NO6S. The van der Waals surface area contributed by atoms with Gasteiger partial charge in [0.1, 0.15) is 5.70 Å². The lowest BCUT2D eigenvalue weighted by Crippen LogP contribution is -2.54. The van der Waals surface area contributed by atoms with Gasteiger partial charge in [-0.1, -0.05) is 48.0 Å². The number of rotatable bonds is 5. The number of aryl methyl sites for hydroxylation is 1. The Hall–Kier alpha value is -2.68. The van der Waals surface area contributed by atoms with Crippen LogP contribution in [-0.2, 0) is 24.3 Å². The van der Waals surface area contributed by atoms with E-state index in [4.69, 9.17) is 9.47 Å². The van der Waals surface area contributed by atoms with Gasteiger partial charge in [0.25, 0.3) is 10.0 Å². The fourth-order valence-corrected chi connectivity index (χ4v) is 5.95. The molecule has 0 radical (unpaired) electrons. The summed E-state index contributed by atoms with van der Waals surface area (Å²) in [5, 5.41) is 10.2. The molecule has 1 unspecified atom stereocenters. The molecule has 0 aromatic heterocycles. The van der Waals surface area contributed by atoms with Crippen LogP contribution < -0.4 is 0 Å². The summed E-state index contributed by atoms with van der Waals surface area (Å²) in [7, 11) is -4.16. The summed E-state index contributed by atoms with van der Waals surface area (Å²) in [6.45, 7) is 3.63. The van der Waals surface area contributed by atoms with Gasteiger partial charge in [0.05, 0.1) is 11.5 Å². The highest BCUT2D eigenvalue weighted by Gasteiger charge is 2.50. The molecular weight excluding hydrogens is 430 g/mol. The van der Waals surface area contributed by atoms with Crippen molar-refractivity contribution in [1.29, 1.82) is 0 Å². The quantitative estimate of drug-likeness (QED) is 0.693. The van der Waals surface area contributed by atoms with Crippen molar-refractivity contribution in [2.24, 2.45) is 5.92 Å². The summed E-state index contributed by atoms with van der Waals surface area (Å²) in [6.07, 6.45) is 0.426. The molecule has 4 atom stereocenters. The lowest BCUT2D eigenvalue weighted by molar-refractivity contribution is -0.214. The summed E-state index contributed by atoms with van der Waals surface area (Å²) < 4.78 is 39.5. The van der Waals surface area contributed by atoms with Gasteiger partial charge in [-0.2, -0.15) is 0 Å². The molecule has 0 spiro atoms. The van der Waals surface area contributed by atoms with Gasteiger partial charge in [0.2, 0.25) is 0 Å². The maximum Gasteiger partial charge on any atom is 0.355 e. The van der Waals surface area contributed by atoms with Crippen molar-refractivity contribution in [3.63, 3.8) is 0 Å². The Balaban J connectivity index is 1.89. The number of allylic oxidation sites excluding steroid dienone is 1. The lowest BCUT2D eigenvalue weighted by atomic mass is 9.78. The normalized spacial score (nSPS) is 25.6. The second-order valence-corrected chi connectivity index (χ2v) is 9.86. The predicted molar refractivity (Wildman–Crippen MR) is 118 cm³/mol. The fraction of sp³-hybridized carbons (Fsp3) is 0.375. The maximum atomic E-state index is 13.7. The van der Waals surface area contributed by atoms with Crippen molar-refractivity contribution in [2.45, 2.75) is 50.0 Å². The first-order valence-corrected chi connectivity index (χ1v) is 12.2. The minimum atomic E-state index is -4.16. The third-order valence-electron chi connectivity index (χ3n) is 5.92. The summed E-state index contributed by atoms with van der Waals surface area (Å²) >= 11 is 0. The standard InChI is InChI=1S/C24H27NO6S/c1-3-30-24(27)21-15-20(17-7-5-4-6-8-17)19-13-14-22(26)31-23(19)25(21)32(28,29)18-11-9-16(2)10-12-18/h4-12,15,19-20,22-23,26H,3,13-14H2,1-2H3/t19-,20-,22?,23-/m1/s1. The Kier molecular flexibility index (Phi) is 6.37. The summed E-state index contributed by atoms with van der Waals surface area (Å²) in [6, 6.07) is 16.0. The van der Waals surface area contributed by atoms with Crippen LogP contribution >= 0.6 is 0 Å². The van der Waals surface area contributed by atoms with Crippen LogP contribution in [0.1, 0.15) is 36.8 Å². The van der Waals surface area contributed by atoms with E-state index in [-0.39, 0.29) is 29.0 Å². The maximum absolute atomic E-state index is 13.7. The first kappa shape index (κ1) is 22.5. The SMILES string of the molecule is CCOC(=O)C1=C[C@H](c2ccccc2)[C@H]2CCC(O)O[C@H]2N1S(=O)(=O)c1ccc(C)cc1. The molecule has 32 heavy (non-hydrogen) atoms. The third kappa shape index (κ3) is 4.18. The molecule has 1 saturated heterocycles. The highest BCUT2D eigenvalue weighted by atomic mass is 32.2. The number of benzene rings is 2. The number of aliphatic hydroxyl groups excluding tert-OH is 1. The minimum absolute atomic E-state index is 0.0406. The number of sulfonamides is 1. The minimum Gasteiger partial charge on any atom is -0.461 e. The van der Waals surface area contributed by atoms with Gasteiger partial charge in [-0.15, -0.1) is 0 Å². The van der Waals surface area contributed by atoms with Gasteiger partial charge < -0.3 is 14.6 Å². The number of fused-ring (bicyclic) bond motifs is 1. The number of hydrogen-bond acceptors (Lipinski definition) is 6. The monoisotopic (exact) mass is 457 g/mol. The van der Waals surface area contributed by atoms with E-state index in [2.05, 4.69) is 0 Å². The van der Waals surface area contributed by atoms with E-state index in [1.165, 1.54) is 12.1 Å². The zero-order valence-corrected chi connectivity index (χ0v) is 18.9. The first-order chi connectivity index (χ1) is 15.3. The molecule has 8 heteroatoms. The van der Waals surface area contributed by atoms with Gasteiger partial charge in [0, 0.05) is 11.8 Å². The number of esters is 1. The number of nitrogens with zero attached hydrogens (tertiary/aromatic N) is 1. The highest BCUT2D eigenvalue weighted by Crippen LogP contribution is 2.45. The van der Waals surface area contributed by atoms with Crippen molar-refractivity contribution < 1.29 is 27.8 Å². The van der Waals surface area contributed by atoms with Crippen LogP contribution in [0.4, 0.5) is 0 Å². The van der Waals surface area contributed by atoms with E-state index in [0.29, 0.717) is 12.8 Å². The fourth-order valence-electron chi connectivity index (χ4n) is 4.37. The molecule has 1 fully saturated rings. The van der Waals surface area contributed by atoms with Crippen LogP contribution in [0.25, 0.3) is 0 Å². The highest BCUT2D eigenvalue weighted by molar-refractivity contribution is 7.89. The molecule has 170 valence electrons. The molecule has 7 nitrogen and oxygen atoms in total. The molecule has 2 aliphatic heterocycles. The van der Waals surface area contributed by atoms with Crippen molar-refractivity contribution >= 4 is 16.0 Å². The van der Waals surface area contributed by atoms with Crippen LogP contribution in [0.3, 0.4) is 0 Å². The number of aliphatic hydroxyl groups is 1. The van der Waals surface area contributed by atoms with Crippen LogP contribution in [0, 0.1) is 12.8 Å². The molecule has 0 aliphatic carbocycles. The van der Waals surface area contributed by atoms with E-state index in [1.807, 2.05) is 37.3 Å². The van der Waals surface area contributed by atoms with E-state index in [1.54, 1.807) is 25.1 Å². The molecule has 2 heterocycles. The number of hydrogen-bond donors (Lipinski definition) is 1. The number of carbonyl (C=O) groups is 1. The van der Waals surface area contributed by atoms with Crippen LogP contribution in [0.2, 0.25) is 0 Å². The van der Waals surface area contributed by atoms with E-state index >= 15 is 0 Å². The van der Waals surface area contributed by atoms with Gasteiger partial charge in [-0.3, -0.25) is 0 Å². The third-order valence-corrected chi connectivity index (χ3v) is 7.71. The molecule has 2 aliphatic rings. The molecule has 0 bridgehead atoms. The molecule has 0 saturated carbocycles. The van der Waals surface area contributed by atoms with Gasteiger partial charge in [0.15, 0.2) is 12.5 Å². The Labute approximate surface area is 188 Å². The van der Waals surface area contributed by atoms with Crippen LogP contribution in [-0.4, -0.2) is 42.9 Å². The number of ether oxygens (including phenoxy) is 2. The molecule has 1 N–H and O–H groups in total. The molecule has 2 aromatic rings. The first-order valence-electron chi connectivity index (χ1n) is 10.7. The zero-order valence-electron chi connectivity index (χ0n) is 18.0. The predicted octanol–water partition coefficient (Wildman–Crippen LogP) is 3.30. The van der Waals surface area contributed by atoms with Gasteiger partial charge >= 0.3 is 5.97 Å². The average molecular weight is 458 g/mol. The van der Waals surface area contributed by atoms with Gasteiger partial charge in [-0.25, -0.2) is 17.5 Å². The molecule has 4 rings (SSSR count). The molecule has 0 amide bonds. The Morgan fingerprint density at radius 2 is 1.81 bits per heavy atom. The average Bonchev–Trinajstić information content (AvgIpc) is 2.78. The van der Waals surface area contributed by atoms with Crippen molar-refractivity contribution in [1.82, 2.24) is 4.31 Å². The summed E-state index contributed by atoms with van der Waals surface area (Å²) in [5.74, 6) is -1.29. The Morgan fingerprint density at radius 3 is 2.47 bits per heavy atom. The zero-order chi connectivity index (χ0) is 22.9. The summed E-state index contributed by atoms with van der Waals surface area (Å²) in [4.78, 5) is 13.0. The van der Waals surface area contributed by atoms with Crippen LogP contribution in [0.15, 0.2) is 71.3 Å². The second kappa shape index (κ2) is 9.05. The summed E-state index contributed by atoms with van der Waals surface area (Å²) in [5.41, 5.74) is 1.75. The van der Waals surface area contributed by atoms with Gasteiger partial charge in [-0.05, 0) is 50.5 Å². The smallest absolute Gasteiger partial charge is 0.355 e. The van der Waals surface area contributed by atoms with E-state index in [9.17, 15) is 18.3 Å². The second-order valence-electron chi connectivity index (χ2n) is 8.05. The lowest BCUT2D eigenvalue weighted by Gasteiger charge is -2.47. The van der Waals surface area contributed by atoms with Crippen molar-refractivity contribution in [3.05, 3.63) is 77.5 Å². The van der Waals surface area contributed by atoms with Crippen LogP contribution in [0.5, 0.6) is 0 Å². The topological polar surface area (TPSA) is 93.1 Å². The Bertz CT molecular complexity index is 1100.